The smallest absolute Gasteiger partial charge is 0.158 e. The molecule has 0 aliphatic heterocycles. The van der Waals surface area contributed by atoms with E-state index in [0.29, 0.717) is 16.8 Å². The highest BCUT2D eigenvalue weighted by atomic mass is 35.5. The molecule has 0 atom stereocenters. The van der Waals surface area contributed by atoms with Crippen molar-refractivity contribution in [3.8, 4) is 0 Å². The molecule has 2 aromatic rings. The number of hydrogen-bond donors (Lipinski definition) is 1. The molecule has 0 radical (unpaired) electrons. The lowest BCUT2D eigenvalue weighted by Gasteiger charge is -2.10. The van der Waals surface area contributed by atoms with E-state index in [0.717, 1.165) is 11.3 Å². The van der Waals surface area contributed by atoms with E-state index in [1.165, 1.54) is 12.1 Å². The zero-order chi connectivity index (χ0) is 13.8. The van der Waals surface area contributed by atoms with Crippen molar-refractivity contribution in [2.45, 2.75) is 13.5 Å². The van der Waals surface area contributed by atoms with Gasteiger partial charge in [0, 0.05) is 18.9 Å². The summed E-state index contributed by atoms with van der Waals surface area (Å²) in [6.07, 6.45) is 0. The van der Waals surface area contributed by atoms with Gasteiger partial charge in [-0.3, -0.25) is 0 Å². The van der Waals surface area contributed by atoms with Crippen molar-refractivity contribution in [1.29, 1.82) is 0 Å². The van der Waals surface area contributed by atoms with Gasteiger partial charge in [0.15, 0.2) is 5.82 Å². The summed E-state index contributed by atoms with van der Waals surface area (Å²) in [7, 11) is 1.56. The van der Waals surface area contributed by atoms with E-state index >= 15 is 0 Å². The van der Waals surface area contributed by atoms with Gasteiger partial charge in [-0.05, 0) is 30.7 Å². The first kappa shape index (κ1) is 13.7. The molecule has 2 rings (SSSR count). The van der Waals surface area contributed by atoms with E-state index in [2.05, 4.69) is 15.3 Å². The van der Waals surface area contributed by atoms with Crippen LogP contribution in [0, 0.1) is 12.7 Å². The Morgan fingerprint density at radius 3 is 2.79 bits per heavy atom. The lowest BCUT2D eigenvalue weighted by atomic mass is 10.2. The van der Waals surface area contributed by atoms with E-state index in [9.17, 15) is 4.39 Å². The fourth-order valence-electron chi connectivity index (χ4n) is 1.63. The second kappa shape index (κ2) is 5.95. The summed E-state index contributed by atoms with van der Waals surface area (Å²) in [6.45, 7) is 2.09. The SMILES string of the molecule is COCc1nc(Cl)cc(Nc2ccc(F)cc2C)n1. The minimum Gasteiger partial charge on any atom is -0.377 e. The first-order chi connectivity index (χ1) is 9.08. The molecule has 1 heterocycles. The van der Waals surface area contributed by atoms with Gasteiger partial charge < -0.3 is 10.1 Å². The van der Waals surface area contributed by atoms with Gasteiger partial charge in [0.2, 0.25) is 0 Å². The van der Waals surface area contributed by atoms with Crippen LogP contribution in [0.5, 0.6) is 0 Å². The maximum absolute atomic E-state index is 13.0. The summed E-state index contributed by atoms with van der Waals surface area (Å²) < 4.78 is 18.0. The molecule has 0 saturated heterocycles. The standard InChI is InChI=1S/C13H13ClFN3O/c1-8-5-9(15)3-4-10(8)16-12-6-11(14)17-13(18-12)7-19-2/h3-6H,7H2,1-2H3,(H,16,17,18). The molecule has 0 amide bonds. The Labute approximate surface area is 115 Å². The Morgan fingerprint density at radius 2 is 2.11 bits per heavy atom. The number of ether oxygens (including phenoxy) is 1. The van der Waals surface area contributed by atoms with Crippen LogP contribution in [-0.2, 0) is 11.3 Å². The third kappa shape index (κ3) is 3.62. The molecule has 0 bridgehead atoms. The predicted molar refractivity (Wildman–Crippen MR) is 72.2 cm³/mol. The van der Waals surface area contributed by atoms with Gasteiger partial charge in [-0.25, -0.2) is 14.4 Å². The summed E-state index contributed by atoms with van der Waals surface area (Å²) in [5, 5.41) is 3.40. The van der Waals surface area contributed by atoms with E-state index in [1.54, 1.807) is 19.2 Å². The molecular weight excluding hydrogens is 269 g/mol. The summed E-state index contributed by atoms with van der Waals surface area (Å²) in [6, 6.07) is 6.08. The van der Waals surface area contributed by atoms with Crippen LogP contribution in [0.25, 0.3) is 0 Å². The van der Waals surface area contributed by atoms with Crippen LogP contribution in [0.15, 0.2) is 24.3 Å². The normalized spacial score (nSPS) is 10.5. The zero-order valence-corrected chi connectivity index (χ0v) is 11.3. The lowest BCUT2D eigenvalue weighted by molar-refractivity contribution is 0.178. The van der Waals surface area contributed by atoms with E-state index < -0.39 is 0 Å². The maximum Gasteiger partial charge on any atom is 0.158 e. The van der Waals surface area contributed by atoms with E-state index in [-0.39, 0.29) is 12.4 Å². The number of nitrogens with one attached hydrogen (secondary N) is 1. The number of nitrogens with zero attached hydrogens (tertiary/aromatic N) is 2. The summed E-state index contributed by atoms with van der Waals surface area (Å²) in [5.74, 6) is 0.753. The van der Waals surface area contributed by atoms with Crippen LogP contribution in [0.2, 0.25) is 5.15 Å². The molecule has 0 spiro atoms. The molecule has 0 fully saturated rings. The Hall–Kier alpha value is -1.72. The number of hydrogen-bond acceptors (Lipinski definition) is 4. The topological polar surface area (TPSA) is 47.0 Å². The first-order valence-corrected chi connectivity index (χ1v) is 6.02. The minimum absolute atomic E-state index is 0.274. The quantitative estimate of drug-likeness (QED) is 0.872. The van der Waals surface area contributed by atoms with Crippen LogP contribution in [-0.4, -0.2) is 17.1 Å². The van der Waals surface area contributed by atoms with Crippen molar-refractivity contribution in [2.75, 3.05) is 12.4 Å². The van der Waals surface area contributed by atoms with Gasteiger partial charge >= 0.3 is 0 Å². The van der Waals surface area contributed by atoms with Gasteiger partial charge in [-0.15, -0.1) is 0 Å². The van der Waals surface area contributed by atoms with Gasteiger partial charge in [0.05, 0.1) is 0 Å². The molecule has 0 aliphatic carbocycles. The number of rotatable bonds is 4. The molecule has 100 valence electrons. The van der Waals surface area contributed by atoms with Crippen molar-refractivity contribution in [1.82, 2.24) is 9.97 Å². The Kier molecular flexibility index (Phi) is 4.29. The van der Waals surface area contributed by atoms with Gasteiger partial charge in [0.25, 0.3) is 0 Å². The van der Waals surface area contributed by atoms with Gasteiger partial charge in [-0.2, -0.15) is 0 Å². The molecule has 1 N–H and O–H groups in total. The number of anilines is 2. The third-order valence-electron chi connectivity index (χ3n) is 2.47. The number of aryl methyl sites for hydroxylation is 1. The third-order valence-corrected chi connectivity index (χ3v) is 2.66. The predicted octanol–water partition coefficient (Wildman–Crippen LogP) is 3.47. The molecule has 1 aromatic carbocycles. The molecule has 6 heteroatoms. The Morgan fingerprint density at radius 1 is 1.32 bits per heavy atom. The van der Waals surface area contributed by atoms with Crippen LogP contribution in [0.4, 0.5) is 15.9 Å². The number of methoxy groups -OCH3 is 1. The highest BCUT2D eigenvalue weighted by molar-refractivity contribution is 6.29. The lowest BCUT2D eigenvalue weighted by Crippen LogP contribution is -2.02. The Balaban J connectivity index is 2.27. The molecule has 19 heavy (non-hydrogen) atoms. The zero-order valence-electron chi connectivity index (χ0n) is 10.6. The molecular formula is C13H13ClFN3O. The van der Waals surface area contributed by atoms with Crippen molar-refractivity contribution in [3.05, 3.63) is 46.6 Å². The van der Waals surface area contributed by atoms with Crippen LogP contribution < -0.4 is 5.32 Å². The number of benzene rings is 1. The van der Waals surface area contributed by atoms with E-state index in [1.807, 2.05) is 6.92 Å². The number of aromatic nitrogens is 2. The van der Waals surface area contributed by atoms with Gasteiger partial charge in [0.1, 0.15) is 23.4 Å². The molecule has 4 nitrogen and oxygen atoms in total. The van der Waals surface area contributed by atoms with Crippen molar-refractivity contribution >= 4 is 23.1 Å². The average molecular weight is 282 g/mol. The molecule has 0 aliphatic rings. The Bertz CT molecular complexity index is 592. The molecule has 0 saturated carbocycles. The summed E-state index contributed by atoms with van der Waals surface area (Å²) >= 11 is 5.91. The monoisotopic (exact) mass is 281 g/mol. The fourth-order valence-corrected chi connectivity index (χ4v) is 1.83. The second-order valence-corrected chi connectivity index (χ2v) is 4.40. The maximum atomic E-state index is 13.0. The molecule has 1 aromatic heterocycles. The van der Waals surface area contributed by atoms with Crippen molar-refractivity contribution in [2.24, 2.45) is 0 Å². The summed E-state index contributed by atoms with van der Waals surface area (Å²) in [5.41, 5.74) is 1.54. The fraction of sp³-hybridized carbons (Fsp3) is 0.231. The highest BCUT2D eigenvalue weighted by Crippen LogP contribution is 2.21. The first-order valence-electron chi connectivity index (χ1n) is 5.64. The van der Waals surface area contributed by atoms with Crippen LogP contribution in [0.1, 0.15) is 11.4 Å². The van der Waals surface area contributed by atoms with E-state index in [4.69, 9.17) is 16.3 Å². The van der Waals surface area contributed by atoms with Crippen molar-refractivity contribution < 1.29 is 9.13 Å². The summed E-state index contributed by atoms with van der Waals surface area (Å²) in [4.78, 5) is 8.29. The minimum atomic E-state index is -0.274. The largest absolute Gasteiger partial charge is 0.377 e. The van der Waals surface area contributed by atoms with Crippen LogP contribution in [0.3, 0.4) is 0 Å². The number of halogens is 2. The van der Waals surface area contributed by atoms with Crippen molar-refractivity contribution in [3.63, 3.8) is 0 Å². The van der Waals surface area contributed by atoms with Crippen LogP contribution >= 0.6 is 11.6 Å². The van der Waals surface area contributed by atoms with Gasteiger partial charge in [-0.1, -0.05) is 11.6 Å². The average Bonchev–Trinajstić information content (AvgIpc) is 2.32. The second-order valence-electron chi connectivity index (χ2n) is 4.01. The molecule has 0 unspecified atom stereocenters. The highest BCUT2D eigenvalue weighted by Gasteiger charge is 2.05.